The smallest absolute Gasteiger partial charge is 0.196 e. The average molecular weight is 583 g/mol. The molecule has 5 rings (SSSR count). The van der Waals surface area contributed by atoms with Gasteiger partial charge in [-0.1, -0.05) is 125 Å². The Morgan fingerprint density at radius 3 is 1.30 bits per heavy atom. The molecule has 0 aromatic heterocycles. The Kier molecular flexibility index (Phi) is 10.8. The SMILES string of the molecule is CCCCCCc1ccc(C=Nc2ccc(N=Cc3ccc(CCCCCC)cc3)c3c2C(=O)c2ccccc2C3=O)cc1. The van der Waals surface area contributed by atoms with E-state index in [9.17, 15) is 9.59 Å². The van der Waals surface area contributed by atoms with Crippen molar-refractivity contribution in [3.05, 3.63) is 129 Å². The Labute approximate surface area is 262 Å². The van der Waals surface area contributed by atoms with Gasteiger partial charge in [0.15, 0.2) is 11.6 Å². The molecule has 0 saturated carbocycles. The number of unbranched alkanes of at least 4 members (excludes halogenated alkanes) is 6. The molecule has 4 heteroatoms. The van der Waals surface area contributed by atoms with Gasteiger partial charge in [-0.25, -0.2) is 0 Å². The second-order valence-corrected chi connectivity index (χ2v) is 11.7. The normalized spacial score (nSPS) is 12.7. The maximum Gasteiger partial charge on any atom is 0.196 e. The molecule has 1 aliphatic rings. The van der Waals surface area contributed by atoms with E-state index in [2.05, 4.69) is 62.4 Å². The molecule has 44 heavy (non-hydrogen) atoms. The van der Waals surface area contributed by atoms with Crippen molar-refractivity contribution in [2.24, 2.45) is 9.98 Å². The Bertz CT molecular complexity index is 1520. The molecule has 0 spiro atoms. The van der Waals surface area contributed by atoms with Crippen LogP contribution >= 0.6 is 0 Å². The lowest BCUT2D eigenvalue weighted by Gasteiger charge is -2.20. The molecule has 0 amide bonds. The lowest BCUT2D eigenvalue weighted by Crippen LogP contribution is -2.21. The maximum absolute atomic E-state index is 13.8. The third-order valence-electron chi connectivity index (χ3n) is 8.33. The minimum Gasteiger partial charge on any atom is -0.288 e. The number of aryl methyl sites for hydroxylation is 2. The number of nitrogens with zero attached hydrogens (tertiary/aromatic N) is 2. The van der Waals surface area contributed by atoms with Crippen LogP contribution in [0, 0.1) is 0 Å². The first kappa shape index (κ1) is 31.0. The predicted molar refractivity (Wildman–Crippen MR) is 183 cm³/mol. The van der Waals surface area contributed by atoms with E-state index in [1.54, 1.807) is 48.8 Å². The summed E-state index contributed by atoms with van der Waals surface area (Å²) < 4.78 is 0. The van der Waals surface area contributed by atoms with E-state index in [1.165, 1.54) is 62.5 Å². The number of benzene rings is 4. The molecule has 0 bridgehead atoms. The third-order valence-corrected chi connectivity index (χ3v) is 8.33. The van der Waals surface area contributed by atoms with Crippen LogP contribution in [0.3, 0.4) is 0 Å². The van der Waals surface area contributed by atoms with Crippen LogP contribution < -0.4 is 0 Å². The number of fused-ring (bicyclic) bond motifs is 2. The molecule has 0 fully saturated rings. The highest BCUT2D eigenvalue weighted by Crippen LogP contribution is 2.38. The number of hydrogen-bond acceptors (Lipinski definition) is 4. The minimum atomic E-state index is -0.200. The van der Waals surface area contributed by atoms with Crippen molar-refractivity contribution in [2.75, 3.05) is 0 Å². The lowest BCUT2D eigenvalue weighted by molar-refractivity contribution is 0.0980. The van der Waals surface area contributed by atoms with Gasteiger partial charge in [-0.3, -0.25) is 19.6 Å². The van der Waals surface area contributed by atoms with E-state index >= 15 is 0 Å². The molecule has 4 aromatic rings. The van der Waals surface area contributed by atoms with Gasteiger partial charge in [0, 0.05) is 23.6 Å². The van der Waals surface area contributed by atoms with E-state index in [-0.39, 0.29) is 11.6 Å². The highest BCUT2D eigenvalue weighted by Gasteiger charge is 2.33. The third kappa shape index (κ3) is 7.55. The predicted octanol–water partition coefficient (Wildman–Crippen LogP) is 10.2. The molecule has 4 nitrogen and oxygen atoms in total. The van der Waals surface area contributed by atoms with Crippen molar-refractivity contribution in [3.8, 4) is 0 Å². The number of rotatable bonds is 14. The first-order valence-corrected chi connectivity index (χ1v) is 16.2. The van der Waals surface area contributed by atoms with Crippen molar-refractivity contribution in [1.82, 2.24) is 0 Å². The van der Waals surface area contributed by atoms with Crippen LogP contribution in [0.25, 0.3) is 0 Å². The molecule has 224 valence electrons. The van der Waals surface area contributed by atoms with Gasteiger partial charge in [0.2, 0.25) is 0 Å². The van der Waals surface area contributed by atoms with Gasteiger partial charge in [-0.2, -0.15) is 0 Å². The van der Waals surface area contributed by atoms with Gasteiger partial charge in [0.1, 0.15) is 0 Å². The summed E-state index contributed by atoms with van der Waals surface area (Å²) in [6.07, 6.45) is 15.6. The number of hydrogen-bond donors (Lipinski definition) is 0. The quantitative estimate of drug-likeness (QED) is 0.0966. The molecule has 0 radical (unpaired) electrons. The molecule has 0 N–H and O–H groups in total. The van der Waals surface area contributed by atoms with E-state index in [1.807, 2.05) is 0 Å². The molecule has 0 aliphatic heterocycles. The molecule has 0 unspecified atom stereocenters. The zero-order valence-electron chi connectivity index (χ0n) is 26.0. The van der Waals surface area contributed by atoms with Gasteiger partial charge in [-0.05, 0) is 60.1 Å². The number of ketones is 2. The highest BCUT2D eigenvalue weighted by molar-refractivity contribution is 6.31. The fourth-order valence-electron chi connectivity index (χ4n) is 5.74. The van der Waals surface area contributed by atoms with Crippen molar-refractivity contribution < 1.29 is 9.59 Å². The average Bonchev–Trinajstić information content (AvgIpc) is 3.06. The van der Waals surface area contributed by atoms with Crippen molar-refractivity contribution in [2.45, 2.75) is 78.1 Å². The fraction of sp³-hybridized carbons (Fsp3) is 0.300. The summed E-state index contributed by atoms with van der Waals surface area (Å²) in [7, 11) is 0. The van der Waals surface area contributed by atoms with Crippen LogP contribution in [-0.2, 0) is 12.8 Å². The number of carbonyl (C=O) groups excluding carboxylic acids is 2. The minimum absolute atomic E-state index is 0.200. The molecule has 0 heterocycles. The van der Waals surface area contributed by atoms with E-state index in [4.69, 9.17) is 9.98 Å². The Morgan fingerprint density at radius 1 is 0.500 bits per heavy atom. The van der Waals surface area contributed by atoms with Gasteiger partial charge in [0.05, 0.1) is 22.5 Å². The van der Waals surface area contributed by atoms with Crippen LogP contribution in [0.2, 0.25) is 0 Å². The Balaban J connectivity index is 1.40. The van der Waals surface area contributed by atoms with Gasteiger partial charge in [0.25, 0.3) is 0 Å². The first-order valence-electron chi connectivity index (χ1n) is 16.2. The summed E-state index contributed by atoms with van der Waals surface area (Å²) in [4.78, 5) is 37.0. The largest absolute Gasteiger partial charge is 0.288 e. The van der Waals surface area contributed by atoms with Crippen LogP contribution in [0.15, 0.2) is 94.9 Å². The van der Waals surface area contributed by atoms with E-state index in [0.717, 1.165) is 24.0 Å². The number of aliphatic imine (C=N–C) groups is 2. The standard InChI is InChI=1S/C40H42N2O2/c1-3-5-7-9-13-29-17-21-31(22-18-29)27-41-35-25-26-36(38-37(35)39(43)33-15-11-12-16-34(33)40(38)44)42-28-32-23-19-30(20-24-32)14-10-8-6-4-2/h11-12,15-28H,3-10,13-14H2,1-2H3. The van der Waals surface area contributed by atoms with Crippen molar-refractivity contribution in [3.63, 3.8) is 0 Å². The Hall–Kier alpha value is -4.44. The molecule has 1 aliphatic carbocycles. The highest BCUT2D eigenvalue weighted by atomic mass is 16.1. The first-order chi connectivity index (χ1) is 21.6. The van der Waals surface area contributed by atoms with Gasteiger partial charge >= 0.3 is 0 Å². The Morgan fingerprint density at radius 2 is 0.909 bits per heavy atom. The zero-order valence-corrected chi connectivity index (χ0v) is 26.0. The second-order valence-electron chi connectivity index (χ2n) is 11.7. The van der Waals surface area contributed by atoms with Crippen molar-refractivity contribution >= 4 is 35.4 Å². The molecular formula is C40H42N2O2. The van der Waals surface area contributed by atoms with Gasteiger partial charge in [-0.15, -0.1) is 0 Å². The van der Waals surface area contributed by atoms with Crippen LogP contribution in [0.1, 0.15) is 119 Å². The summed E-state index contributed by atoms with van der Waals surface area (Å²) in [5.41, 5.74) is 6.92. The summed E-state index contributed by atoms with van der Waals surface area (Å²) in [5, 5.41) is 0. The van der Waals surface area contributed by atoms with Crippen LogP contribution in [0.5, 0.6) is 0 Å². The summed E-state index contributed by atoms with van der Waals surface area (Å²) in [5.74, 6) is -0.400. The van der Waals surface area contributed by atoms with E-state index < -0.39 is 0 Å². The molecule has 0 atom stereocenters. The summed E-state index contributed by atoms with van der Waals surface area (Å²) in [6.45, 7) is 4.45. The second kappa shape index (κ2) is 15.3. The number of carbonyl (C=O) groups is 2. The zero-order chi connectivity index (χ0) is 30.7. The fourth-order valence-corrected chi connectivity index (χ4v) is 5.74. The molecule has 0 saturated heterocycles. The van der Waals surface area contributed by atoms with E-state index in [0.29, 0.717) is 33.6 Å². The van der Waals surface area contributed by atoms with Crippen LogP contribution in [0.4, 0.5) is 11.4 Å². The maximum atomic E-state index is 13.8. The molecule has 4 aromatic carbocycles. The monoisotopic (exact) mass is 582 g/mol. The summed E-state index contributed by atoms with van der Waals surface area (Å²) in [6, 6.07) is 27.4. The topological polar surface area (TPSA) is 58.9 Å². The summed E-state index contributed by atoms with van der Waals surface area (Å²) >= 11 is 0. The van der Waals surface area contributed by atoms with Crippen molar-refractivity contribution in [1.29, 1.82) is 0 Å². The molecular weight excluding hydrogens is 540 g/mol. The lowest BCUT2D eigenvalue weighted by atomic mass is 9.82. The van der Waals surface area contributed by atoms with Gasteiger partial charge < -0.3 is 0 Å². The van der Waals surface area contributed by atoms with Crippen LogP contribution in [-0.4, -0.2) is 24.0 Å².